The van der Waals surface area contributed by atoms with Crippen molar-refractivity contribution in [2.75, 3.05) is 31.5 Å². The van der Waals surface area contributed by atoms with Crippen molar-refractivity contribution < 1.29 is 4.42 Å². The number of nitrogens with zero attached hydrogens (tertiary/aromatic N) is 3. The quantitative estimate of drug-likeness (QED) is 0.642. The minimum atomic E-state index is -0.151. The van der Waals surface area contributed by atoms with E-state index >= 15 is 0 Å². The van der Waals surface area contributed by atoms with Gasteiger partial charge in [0.15, 0.2) is 0 Å². The number of hydrogen-bond donors (Lipinski definition) is 1. The lowest BCUT2D eigenvalue weighted by atomic mass is 9.91. The molecule has 1 aliphatic rings. The van der Waals surface area contributed by atoms with E-state index in [2.05, 4.69) is 45.5 Å². The number of oxazole rings is 1. The lowest BCUT2D eigenvalue weighted by Gasteiger charge is -2.26. The van der Waals surface area contributed by atoms with Crippen molar-refractivity contribution in [2.24, 2.45) is 0 Å². The van der Waals surface area contributed by atoms with Crippen LogP contribution in [0.4, 0.5) is 5.88 Å². The van der Waals surface area contributed by atoms with Gasteiger partial charge < -0.3 is 14.6 Å². The van der Waals surface area contributed by atoms with Crippen molar-refractivity contribution in [3.63, 3.8) is 0 Å². The molecule has 0 unspecified atom stereocenters. The van der Waals surface area contributed by atoms with Gasteiger partial charge in [-0.1, -0.05) is 67.1 Å². The first kappa shape index (κ1) is 19.2. The number of benzene rings is 2. The molecule has 1 fully saturated rings. The zero-order valence-electron chi connectivity index (χ0n) is 16.6. The van der Waals surface area contributed by atoms with E-state index in [0.29, 0.717) is 17.5 Å². The lowest BCUT2D eigenvalue weighted by molar-refractivity contribution is 0.236. The fourth-order valence-corrected chi connectivity index (χ4v) is 3.93. The van der Waals surface area contributed by atoms with E-state index in [0.717, 1.165) is 37.3 Å². The number of anilines is 1. The smallest absolute Gasteiger partial charge is 0.232 e. The molecule has 1 N–H and O–H groups in total. The molecule has 0 atom stereocenters. The third kappa shape index (κ3) is 4.67. The van der Waals surface area contributed by atoms with E-state index in [4.69, 9.17) is 4.42 Å². The highest BCUT2D eigenvalue weighted by Crippen LogP contribution is 2.33. The summed E-state index contributed by atoms with van der Waals surface area (Å²) in [7, 11) is 0. The molecule has 3 aromatic rings. The Morgan fingerprint density at radius 3 is 2.17 bits per heavy atom. The highest BCUT2D eigenvalue weighted by atomic mass is 16.4. The second-order valence-corrected chi connectivity index (χ2v) is 7.43. The summed E-state index contributed by atoms with van der Waals surface area (Å²) < 4.78 is 6.10. The third-order valence-corrected chi connectivity index (χ3v) is 5.42. The average Bonchev–Trinajstić information content (AvgIpc) is 3.19. The minimum Gasteiger partial charge on any atom is -0.423 e. The first-order chi connectivity index (χ1) is 14.3. The van der Waals surface area contributed by atoms with Gasteiger partial charge >= 0.3 is 0 Å². The number of aromatic nitrogens is 1. The highest BCUT2D eigenvalue weighted by molar-refractivity contribution is 5.48. The molecule has 2 heterocycles. The van der Waals surface area contributed by atoms with Crippen LogP contribution in [-0.4, -0.2) is 36.1 Å². The van der Waals surface area contributed by atoms with Crippen LogP contribution in [-0.2, 0) is 0 Å². The van der Waals surface area contributed by atoms with Crippen molar-refractivity contribution in [3.05, 3.63) is 83.4 Å². The summed E-state index contributed by atoms with van der Waals surface area (Å²) in [5.74, 6) is 0.859. The van der Waals surface area contributed by atoms with E-state index < -0.39 is 0 Å². The van der Waals surface area contributed by atoms with E-state index in [-0.39, 0.29) is 5.92 Å². The van der Waals surface area contributed by atoms with Gasteiger partial charge in [0.1, 0.15) is 6.07 Å². The fraction of sp³-hybridized carbons (Fsp3) is 0.333. The zero-order valence-corrected chi connectivity index (χ0v) is 16.6. The van der Waals surface area contributed by atoms with E-state index in [1.807, 2.05) is 36.4 Å². The number of hydrogen-bond acceptors (Lipinski definition) is 5. The van der Waals surface area contributed by atoms with Crippen molar-refractivity contribution in [1.29, 1.82) is 5.26 Å². The Morgan fingerprint density at radius 1 is 0.966 bits per heavy atom. The maximum atomic E-state index is 9.58. The van der Waals surface area contributed by atoms with Crippen LogP contribution in [0.15, 0.2) is 65.1 Å². The van der Waals surface area contributed by atoms with Gasteiger partial charge in [-0.05, 0) is 37.1 Å². The molecule has 1 aliphatic heterocycles. The van der Waals surface area contributed by atoms with Crippen LogP contribution in [0.1, 0.15) is 47.9 Å². The standard InChI is InChI=1S/C24H26N4O/c25-18-21-23(26-14-17-28-15-8-3-9-16-28)29-24(27-21)22(19-10-4-1-5-11-19)20-12-6-2-7-13-20/h1-2,4-7,10-13,22,26H,3,8-9,14-17H2. The Kier molecular flexibility index (Phi) is 6.23. The first-order valence-corrected chi connectivity index (χ1v) is 10.3. The average molecular weight is 386 g/mol. The summed E-state index contributed by atoms with van der Waals surface area (Å²) in [4.78, 5) is 7.00. The largest absolute Gasteiger partial charge is 0.423 e. The van der Waals surface area contributed by atoms with Gasteiger partial charge in [-0.2, -0.15) is 10.2 Å². The van der Waals surface area contributed by atoms with E-state index in [9.17, 15) is 5.26 Å². The number of rotatable bonds is 7. The van der Waals surface area contributed by atoms with Gasteiger partial charge in [-0.3, -0.25) is 0 Å². The van der Waals surface area contributed by atoms with Crippen LogP contribution in [0.3, 0.4) is 0 Å². The van der Waals surface area contributed by atoms with Crippen LogP contribution in [0.5, 0.6) is 0 Å². The van der Waals surface area contributed by atoms with Crippen LogP contribution >= 0.6 is 0 Å². The molecule has 0 bridgehead atoms. The van der Waals surface area contributed by atoms with Gasteiger partial charge in [-0.15, -0.1) is 0 Å². The molecule has 4 rings (SSSR count). The first-order valence-electron chi connectivity index (χ1n) is 10.3. The Morgan fingerprint density at radius 2 is 1.59 bits per heavy atom. The van der Waals surface area contributed by atoms with E-state index in [1.165, 1.54) is 19.3 Å². The molecule has 5 heteroatoms. The normalized spacial score (nSPS) is 14.6. The Balaban J connectivity index is 1.56. The van der Waals surface area contributed by atoms with Crippen LogP contribution < -0.4 is 5.32 Å². The minimum absolute atomic E-state index is 0.151. The van der Waals surface area contributed by atoms with Crippen LogP contribution in [0.25, 0.3) is 0 Å². The molecule has 0 radical (unpaired) electrons. The molecular weight excluding hydrogens is 360 g/mol. The summed E-state index contributed by atoms with van der Waals surface area (Å²) >= 11 is 0. The molecular formula is C24H26N4O. The number of piperidine rings is 1. The number of likely N-dealkylation sites (tertiary alicyclic amines) is 1. The molecule has 1 saturated heterocycles. The van der Waals surface area contributed by atoms with Crippen LogP contribution in [0.2, 0.25) is 0 Å². The van der Waals surface area contributed by atoms with Gasteiger partial charge in [0.25, 0.3) is 0 Å². The fourth-order valence-electron chi connectivity index (χ4n) is 3.93. The summed E-state index contributed by atoms with van der Waals surface area (Å²) in [5.41, 5.74) is 2.49. The second kappa shape index (κ2) is 9.40. The van der Waals surface area contributed by atoms with Gasteiger partial charge in [-0.25, -0.2) is 0 Å². The summed E-state index contributed by atoms with van der Waals surface area (Å²) in [6.45, 7) is 3.99. The third-order valence-electron chi connectivity index (χ3n) is 5.42. The molecule has 0 saturated carbocycles. The zero-order chi connectivity index (χ0) is 19.9. The highest BCUT2D eigenvalue weighted by Gasteiger charge is 2.24. The van der Waals surface area contributed by atoms with Crippen LogP contribution in [0, 0.1) is 11.3 Å². The summed E-state index contributed by atoms with van der Waals surface area (Å²) in [6.07, 6.45) is 3.87. The lowest BCUT2D eigenvalue weighted by Crippen LogP contribution is -2.33. The Hall–Kier alpha value is -3.10. The maximum absolute atomic E-state index is 9.58. The second-order valence-electron chi connectivity index (χ2n) is 7.43. The molecule has 1 aromatic heterocycles. The molecule has 148 valence electrons. The Labute approximate surface area is 172 Å². The molecule has 2 aromatic carbocycles. The van der Waals surface area contributed by atoms with Crippen molar-refractivity contribution in [1.82, 2.24) is 9.88 Å². The molecule has 0 amide bonds. The SMILES string of the molecule is N#Cc1nc(C(c2ccccc2)c2ccccc2)oc1NCCN1CCCCC1. The predicted molar refractivity (Wildman–Crippen MR) is 114 cm³/mol. The summed E-state index contributed by atoms with van der Waals surface area (Å²) in [6, 6.07) is 22.5. The van der Waals surface area contributed by atoms with E-state index in [1.54, 1.807) is 0 Å². The van der Waals surface area contributed by atoms with Crippen molar-refractivity contribution >= 4 is 5.88 Å². The number of nitrogens with one attached hydrogen (secondary N) is 1. The van der Waals surface area contributed by atoms with Gasteiger partial charge in [0, 0.05) is 13.1 Å². The van der Waals surface area contributed by atoms with Crippen molar-refractivity contribution in [3.8, 4) is 6.07 Å². The molecule has 0 aliphatic carbocycles. The maximum Gasteiger partial charge on any atom is 0.232 e. The Bertz CT molecular complexity index is 901. The molecule has 29 heavy (non-hydrogen) atoms. The topological polar surface area (TPSA) is 65.1 Å². The van der Waals surface area contributed by atoms with Gasteiger partial charge in [0.05, 0.1) is 5.92 Å². The summed E-state index contributed by atoms with van der Waals surface area (Å²) in [5, 5.41) is 12.9. The molecule has 0 spiro atoms. The molecule has 5 nitrogen and oxygen atoms in total. The van der Waals surface area contributed by atoms with Gasteiger partial charge in [0.2, 0.25) is 17.5 Å². The van der Waals surface area contributed by atoms with Crippen molar-refractivity contribution in [2.45, 2.75) is 25.2 Å². The predicted octanol–water partition coefficient (Wildman–Crippen LogP) is 4.62. The number of nitriles is 1. The monoisotopic (exact) mass is 386 g/mol.